The SMILES string of the molecule is C[C@H](OC(=O)CCc1cc(C(C)(C)C)c(O)c(C(C)(C)C)c1)C(=O)N1CCNC1=O. The average molecular weight is 419 g/mol. The topological polar surface area (TPSA) is 95.9 Å². The summed E-state index contributed by atoms with van der Waals surface area (Å²) in [5.74, 6) is -0.726. The fourth-order valence-electron chi connectivity index (χ4n) is 3.44. The Morgan fingerprint density at radius 3 is 2.10 bits per heavy atom. The Kier molecular flexibility index (Phi) is 6.84. The van der Waals surface area contributed by atoms with Crippen LogP contribution < -0.4 is 5.32 Å². The lowest BCUT2D eigenvalue weighted by Gasteiger charge is -2.28. The molecule has 0 aliphatic carbocycles. The van der Waals surface area contributed by atoms with E-state index in [-0.39, 0.29) is 23.8 Å². The lowest BCUT2D eigenvalue weighted by molar-refractivity contribution is -0.157. The zero-order valence-corrected chi connectivity index (χ0v) is 19.1. The molecule has 1 atom stereocenters. The van der Waals surface area contributed by atoms with Crippen molar-refractivity contribution in [1.82, 2.24) is 10.2 Å². The maximum absolute atomic E-state index is 12.3. The highest BCUT2D eigenvalue weighted by Crippen LogP contribution is 2.40. The number of rotatable bonds is 5. The minimum absolute atomic E-state index is 0.0990. The van der Waals surface area contributed by atoms with Gasteiger partial charge in [-0.1, -0.05) is 53.7 Å². The Morgan fingerprint density at radius 2 is 1.67 bits per heavy atom. The van der Waals surface area contributed by atoms with Gasteiger partial charge in [-0.05, 0) is 40.9 Å². The van der Waals surface area contributed by atoms with E-state index in [9.17, 15) is 19.5 Å². The molecule has 2 rings (SSSR count). The molecule has 0 radical (unpaired) electrons. The molecule has 1 fully saturated rings. The van der Waals surface area contributed by atoms with Crippen LogP contribution in [0.25, 0.3) is 0 Å². The van der Waals surface area contributed by atoms with Crippen LogP contribution in [0, 0.1) is 0 Å². The van der Waals surface area contributed by atoms with Gasteiger partial charge in [-0.15, -0.1) is 0 Å². The normalized spacial score (nSPS) is 15.7. The number of urea groups is 1. The van der Waals surface area contributed by atoms with Crippen molar-refractivity contribution in [3.05, 3.63) is 28.8 Å². The van der Waals surface area contributed by atoms with Crippen LogP contribution in [0.5, 0.6) is 5.75 Å². The lowest BCUT2D eigenvalue weighted by atomic mass is 9.78. The summed E-state index contributed by atoms with van der Waals surface area (Å²) in [6, 6.07) is 3.40. The Morgan fingerprint density at radius 1 is 1.13 bits per heavy atom. The standard InChI is InChI=1S/C23H34N2O5/c1-14(20(28)25-11-10-24-21(25)29)30-18(26)9-8-15-12-16(22(2,3)4)19(27)17(13-15)23(5,6)7/h12-14,27H,8-11H2,1-7H3,(H,24,29)/t14-/m0/s1. The second-order valence-electron chi connectivity index (χ2n) is 9.89. The number of imide groups is 1. The van der Waals surface area contributed by atoms with Crippen molar-refractivity contribution in [2.45, 2.75) is 78.2 Å². The largest absolute Gasteiger partial charge is 0.507 e. The Balaban J connectivity index is 2.10. The molecule has 1 aromatic rings. The molecule has 3 amide bonds. The number of hydrogen-bond acceptors (Lipinski definition) is 5. The highest BCUT2D eigenvalue weighted by atomic mass is 16.5. The Bertz CT molecular complexity index is 798. The van der Waals surface area contributed by atoms with Crippen molar-refractivity contribution in [2.24, 2.45) is 0 Å². The number of benzene rings is 1. The van der Waals surface area contributed by atoms with Gasteiger partial charge in [0, 0.05) is 19.5 Å². The molecule has 7 heteroatoms. The summed E-state index contributed by atoms with van der Waals surface area (Å²) < 4.78 is 5.25. The first-order chi connectivity index (χ1) is 13.7. The zero-order chi connectivity index (χ0) is 22.9. The number of ether oxygens (including phenoxy) is 1. The van der Waals surface area contributed by atoms with Gasteiger partial charge in [-0.2, -0.15) is 0 Å². The van der Waals surface area contributed by atoms with Crippen LogP contribution in [0.4, 0.5) is 4.79 Å². The Labute approximate surface area is 178 Å². The minimum Gasteiger partial charge on any atom is -0.507 e. The third kappa shape index (κ3) is 5.52. The molecule has 0 saturated carbocycles. The van der Waals surface area contributed by atoms with Crippen LogP contribution in [0.15, 0.2) is 12.1 Å². The first kappa shape index (κ1) is 23.7. The average Bonchev–Trinajstić information content (AvgIpc) is 3.03. The number of phenols is 1. The highest BCUT2D eigenvalue weighted by Gasteiger charge is 2.31. The van der Waals surface area contributed by atoms with E-state index in [1.165, 1.54) is 6.92 Å². The fourth-order valence-corrected chi connectivity index (χ4v) is 3.44. The summed E-state index contributed by atoms with van der Waals surface area (Å²) in [6.07, 6.45) is -0.491. The van der Waals surface area contributed by atoms with Crippen LogP contribution >= 0.6 is 0 Å². The molecule has 1 aromatic carbocycles. The van der Waals surface area contributed by atoms with Gasteiger partial charge >= 0.3 is 12.0 Å². The third-order valence-electron chi connectivity index (χ3n) is 5.18. The van der Waals surface area contributed by atoms with Crippen LogP contribution in [0.3, 0.4) is 0 Å². The van der Waals surface area contributed by atoms with Gasteiger partial charge < -0.3 is 15.2 Å². The van der Waals surface area contributed by atoms with Gasteiger partial charge in [-0.25, -0.2) is 4.79 Å². The van der Waals surface area contributed by atoms with Gasteiger partial charge in [-0.3, -0.25) is 14.5 Å². The number of aromatic hydroxyl groups is 1. The van der Waals surface area contributed by atoms with Crippen molar-refractivity contribution in [1.29, 1.82) is 0 Å². The van der Waals surface area contributed by atoms with Crippen LogP contribution in [-0.2, 0) is 31.6 Å². The van der Waals surface area contributed by atoms with Crippen molar-refractivity contribution < 1.29 is 24.2 Å². The molecule has 1 aliphatic rings. The van der Waals surface area contributed by atoms with Crippen molar-refractivity contribution in [3.8, 4) is 5.75 Å². The van der Waals surface area contributed by atoms with Crippen LogP contribution in [-0.4, -0.2) is 47.1 Å². The van der Waals surface area contributed by atoms with Crippen LogP contribution in [0.2, 0.25) is 0 Å². The van der Waals surface area contributed by atoms with E-state index in [4.69, 9.17) is 4.74 Å². The summed E-state index contributed by atoms with van der Waals surface area (Å²) in [7, 11) is 0. The van der Waals surface area contributed by atoms with E-state index in [1.54, 1.807) is 0 Å². The number of amides is 3. The minimum atomic E-state index is -1.02. The maximum Gasteiger partial charge on any atom is 0.324 e. The molecule has 0 aromatic heterocycles. The summed E-state index contributed by atoms with van der Waals surface area (Å²) in [5, 5.41) is 13.4. The summed E-state index contributed by atoms with van der Waals surface area (Å²) in [6.45, 7) is 14.4. The molecule has 1 heterocycles. The molecular formula is C23H34N2O5. The predicted molar refractivity (Wildman–Crippen MR) is 114 cm³/mol. The molecule has 2 N–H and O–H groups in total. The van der Waals surface area contributed by atoms with Gasteiger partial charge in [0.2, 0.25) is 0 Å². The summed E-state index contributed by atoms with van der Waals surface area (Å²) in [4.78, 5) is 37.3. The van der Waals surface area contributed by atoms with Gasteiger partial charge in [0.25, 0.3) is 5.91 Å². The van der Waals surface area contributed by atoms with Crippen molar-refractivity contribution >= 4 is 17.9 Å². The zero-order valence-electron chi connectivity index (χ0n) is 19.1. The molecule has 1 saturated heterocycles. The summed E-state index contributed by atoms with van der Waals surface area (Å²) in [5.41, 5.74) is 2.09. The monoisotopic (exact) mass is 418 g/mol. The number of carbonyl (C=O) groups is 3. The molecule has 30 heavy (non-hydrogen) atoms. The van der Waals surface area contributed by atoms with E-state index in [0.29, 0.717) is 18.7 Å². The van der Waals surface area contributed by atoms with Gasteiger partial charge in [0.05, 0.1) is 0 Å². The second kappa shape index (κ2) is 8.66. The van der Waals surface area contributed by atoms with Crippen molar-refractivity contribution in [3.63, 3.8) is 0 Å². The van der Waals surface area contributed by atoms with Crippen LogP contribution in [0.1, 0.15) is 71.6 Å². The van der Waals surface area contributed by atoms with E-state index in [2.05, 4.69) is 5.32 Å². The molecule has 7 nitrogen and oxygen atoms in total. The molecule has 166 valence electrons. The van der Waals surface area contributed by atoms with E-state index in [1.807, 2.05) is 53.7 Å². The van der Waals surface area contributed by atoms with Crippen molar-refractivity contribution in [2.75, 3.05) is 13.1 Å². The molecule has 0 spiro atoms. The number of carbonyl (C=O) groups excluding carboxylic acids is 3. The first-order valence-electron chi connectivity index (χ1n) is 10.4. The molecular weight excluding hydrogens is 384 g/mol. The number of esters is 1. The highest BCUT2D eigenvalue weighted by molar-refractivity contribution is 5.98. The maximum atomic E-state index is 12.3. The second-order valence-corrected chi connectivity index (χ2v) is 9.89. The quantitative estimate of drug-likeness (QED) is 0.715. The Hall–Kier alpha value is -2.57. The number of hydrogen-bond donors (Lipinski definition) is 2. The summed E-state index contributed by atoms with van der Waals surface area (Å²) >= 11 is 0. The number of phenolic OH excluding ortho intramolecular Hbond substituents is 1. The lowest BCUT2D eigenvalue weighted by Crippen LogP contribution is -2.41. The van der Waals surface area contributed by atoms with Gasteiger partial charge in [0.15, 0.2) is 6.10 Å². The molecule has 0 unspecified atom stereocenters. The third-order valence-corrected chi connectivity index (χ3v) is 5.18. The first-order valence-corrected chi connectivity index (χ1v) is 10.4. The van der Waals surface area contributed by atoms with E-state index < -0.39 is 24.0 Å². The molecule has 1 aliphatic heterocycles. The van der Waals surface area contributed by atoms with Gasteiger partial charge in [0.1, 0.15) is 5.75 Å². The van der Waals surface area contributed by atoms with E-state index >= 15 is 0 Å². The fraction of sp³-hybridized carbons (Fsp3) is 0.609. The number of aryl methyl sites for hydroxylation is 1. The van der Waals surface area contributed by atoms with E-state index in [0.717, 1.165) is 21.6 Å². The number of nitrogens with zero attached hydrogens (tertiary/aromatic N) is 1. The number of nitrogens with one attached hydrogen (secondary N) is 1. The molecule has 0 bridgehead atoms. The predicted octanol–water partition coefficient (Wildman–Crippen LogP) is 3.40. The smallest absolute Gasteiger partial charge is 0.324 e.